The van der Waals surface area contributed by atoms with Crippen LogP contribution in [0.1, 0.15) is 24.3 Å². The van der Waals surface area contributed by atoms with E-state index in [-0.39, 0.29) is 11.8 Å². The minimum Gasteiger partial charge on any atom is -0.379 e. The smallest absolute Gasteiger partial charge is 0.273 e. The van der Waals surface area contributed by atoms with Gasteiger partial charge in [-0.2, -0.15) is 0 Å². The van der Waals surface area contributed by atoms with Crippen LogP contribution in [0.3, 0.4) is 0 Å². The summed E-state index contributed by atoms with van der Waals surface area (Å²) in [5.41, 5.74) is 0.411. The van der Waals surface area contributed by atoms with Gasteiger partial charge in [0.1, 0.15) is 5.69 Å². The van der Waals surface area contributed by atoms with Crippen molar-refractivity contribution in [2.45, 2.75) is 19.9 Å². The molecule has 0 aromatic carbocycles. The number of thiazole rings is 1. The van der Waals surface area contributed by atoms with E-state index < -0.39 is 0 Å². The number of likely N-dealkylation sites (tertiary alicyclic amines) is 1. The Morgan fingerprint density at radius 2 is 2.09 bits per heavy atom. The lowest BCUT2D eigenvalue weighted by Crippen LogP contribution is -2.47. The molecule has 1 N–H and O–H groups in total. The van der Waals surface area contributed by atoms with Gasteiger partial charge in [0, 0.05) is 44.5 Å². The van der Waals surface area contributed by atoms with Crippen LogP contribution < -0.4 is 5.32 Å². The fourth-order valence-corrected chi connectivity index (χ4v) is 3.97. The Morgan fingerprint density at radius 3 is 2.78 bits per heavy atom. The van der Waals surface area contributed by atoms with Crippen molar-refractivity contribution in [1.29, 1.82) is 0 Å². The molecule has 2 amide bonds. The molecule has 2 fully saturated rings. The number of carbonyl (C=O) groups is 2. The Kier molecular flexibility index (Phi) is 4.93. The van der Waals surface area contributed by atoms with Crippen molar-refractivity contribution in [3.63, 3.8) is 0 Å². The van der Waals surface area contributed by atoms with Crippen LogP contribution in [0.25, 0.3) is 0 Å². The molecule has 0 saturated carbocycles. The first kappa shape index (κ1) is 16.4. The van der Waals surface area contributed by atoms with Gasteiger partial charge >= 0.3 is 0 Å². The molecule has 0 bridgehead atoms. The second-order valence-electron chi connectivity index (χ2n) is 6.12. The Balaban J connectivity index is 1.64. The minimum atomic E-state index is -0.180. The predicted octanol–water partition coefficient (Wildman–Crippen LogP) is 0.894. The maximum absolute atomic E-state index is 12.6. The number of nitrogens with one attached hydrogen (secondary N) is 1. The minimum absolute atomic E-state index is 0.0551. The molecule has 3 rings (SSSR count). The van der Waals surface area contributed by atoms with Gasteiger partial charge in [-0.3, -0.25) is 14.5 Å². The van der Waals surface area contributed by atoms with Crippen molar-refractivity contribution in [3.05, 3.63) is 11.1 Å². The highest BCUT2D eigenvalue weighted by molar-refractivity contribution is 7.14. The molecule has 23 heavy (non-hydrogen) atoms. The Labute approximate surface area is 139 Å². The van der Waals surface area contributed by atoms with E-state index in [2.05, 4.69) is 22.1 Å². The number of anilines is 1. The first-order valence-electron chi connectivity index (χ1n) is 7.89. The van der Waals surface area contributed by atoms with Crippen LogP contribution >= 0.6 is 11.3 Å². The molecule has 0 unspecified atom stereocenters. The number of amides is 2. The van der Waals surface area contributed by atoms with Crippen molar-refractivity contribution in [1.82, 2.24) is 14.8 Å². The SMILES string of the molecule is CC(=O)Nc1nc(C(=O)N2C[C@H](C)[C@@H](N3CCOCC3)C2)cs1. The van der Waals surface area contributed by atoms with E-state index in [0.29, 0.717) is 22.8 Å². The highest BCUT2D eigenvalue weighted by atomic mass is 32.1. The first-order chi connectivity index (χ1) is 11.0. The highest BCUT2D eigenvalue weighted by Gasteiger charge is 2.37. The van der Waals surface area contributed by atoms with E-state index in [1.807, 2.05) is 4.90 Å². The van der Waals surface area contributed by atoms with Gasteiger partial charge in [-0.15, -0.1) is 11.3 Å². The summed E-state index contributed by atoms with van der Waals surface area (Å²) < 4.78 is 5.41. The van der Waals surface area contributed by atoms with Crippen LogP contribution in [-0.2, 0) is 9.53 Å². The predicted molar refractivity (Wildman–Crippen MR) is 87.7 cm³/mol. The number of nitrogens with zero attached hydrogens (tertiary/aromatic N) is 3. The molecule has 1 aromatic heterocycles. The summed E-state index contributed by atoms with van der Waals surface area (Å²) in [7, 11) is 0. The van der Waals surface area contributed by atoms with E-state index >= 15 is 0 Å². The van der Waals surface area contributed by atoms with E-state index in [9.17, 15) is 9.59 Å². The quantitative estimate of drug-likeness (QED) is 0.886. The van der Waals surface area contributed by atoms with Crippen LogP contribution in [0.15, 0.2) is 5.38 Å². The van der Waals surface area contributed by atoms with Crippen molar-refractivity contribution in [2.75, 3.05) is 44.7 Å². The molecule has 1 aromatic rings. The van der Waals surface area contributed by atoms with E-state index in [1.54, 1.807) is 5.38 Å². The van der Waals surface area contributed by atoms with Crippen molar-refractivity contribution in [3.8, 4) is 0 Å². The highest BCUT2D eigenvalue weighted by Crippen LogP contribution is 2.25. The number of hydrogen-bond donors (Lipinski definition) is 1. The monoisotopic (exact) mass is 338 g/mol. The van der Waals surface area contributed by atoms with Gasteiger partial charge < -0.3 is 15.0 Å². The fraction of sp³-hybridized carbons (Fsp3) is 0.667. The molecule has 2 aliphatic rings. The molecular formula is C15H22N4O3S. The van der Waals surface area contributed by atoms with Crippen LogP contribution in [0.5, 0.6) is 0 Å². The van der Waals surface area contributed by atoms with Gasteiger partial charge in [-0.25, -0.2) is 4.98 Å². The average Bonchev–Trinajstić information content (AvgIpc) is 3.14. The Morgan fingerprint density at radius 1 is 1.35 bits per heavy atom. The third-order valence-corrected chi connectivity index (χ3v) is 5.14. The van der Waals surface area contributed by atoms with Crippen molar-refractivity contribution >= 4 is 28.3 Å². The summed E-state index contributed by atoms with van der Waals surface area (Å²) in [5.74, 6) is 0.200. The van der Waals surface area contributed by atoms with Crippen LogP contribution in [0.4, 0.5) is 5.13 Å². The van der Waals surface area contributed by atoms with E-state index in [0.717, 1.165) is 39.4 Å². The van der Waals surface area contributed by atoms with Crippen molar-refractivity contribution in [2.24, 2.45) is 5.92 Å². The number of hydrogen-bond acceptors (Lipinski definition) is 6. The lowest BCUT2D eigenvalue weighted by Gasteiger charge is -2.33. The summed E-state index contributed by atoms with van der Waals surface area (Å²) in [4.78, 5) is 32.2. The summed E-state index contributed by atoms with van der Waals surface area (Å²) >= 11 is 1.28. The van der Waals surface area contributed by atoms with Crippen LogP contribution in [0.2, 0.25) is 0 Å². The second kappa shape index (κ2) is 6.94. The molecule has 0 aliphatic carbocycles. The van der Waals surface area contributed by atoms with Gasteiger partial charge in [0.05, 0.1) is 13.2 Å². The summed E-state index contributed by atoms with van der Waals surface area (Å²) in [6.07, 6.45) is 0. The van der Waals surface area contributed by atoms with Gasteiger partial charge in [0.25, 0.3) is 5.91 Å². The van der Waals surface area contributed by atoms with E-state index in [4.69, 9.17) is 4.74 Å². The van der Waals surface area contributed by atoms with Gasteiger partial charge in [-0.1, -0.05) is 6.92 Å². The standard InChI is InChI=1S/C15H22N4O3S/c1-10-7-19(8-13(10)18-3-5-22-6-4-18)14(21)12-9-23-15(17-12)16-11(2)20/h9-10,13H,3-8H2,1-2H3,(H,16,17,20)/t10-,13-/m0/s1. The normalized spacial score (nSPS) is 25.6. The number of morpholine rings is 1. The maximum Gasteiger partial charge on any atom is 0.273 e. The number of ether oxygens (including phenoxy) is 1. The second-order valence-corrected chi connectivity index (χ2v) is 6.98. The molecule has 126 valence electrons. The molecule has 8 heteroatoms. The summed E-state index contributed by atoms with van der Waals surface area (Å²) in [5, 5.41) is 4.79. The van der Waals surface area contributed by atoms with Crippen LogP contribution in [-0.4, -0.2) is 72.0 Å². The maximum atomic E-state index is 12.6. The van der Waals surface area contributed by atoms with Gasteiger partial charge in [0.2, 0.25) is 5.91 Å². The molecule has 3 heterocycles. The van der Waals surface area contributed by atoms with Gasteiger partial charge in [0.15, 0.2) is 5.13 Å². The average molecular weight is 338 g/mol. The zero-order valence-electron chi connectivity index (χ0n) is 13.4. The number of aromatic nitrogens is 1. The third-order valence-electron chi connectivity index (χ3n) is 4.38. The Hall–Kier alpha value is -1.51. The lowest BCUT2D eigenvalue weighted by molar-refractivity contribution is -0.114. The third kappa shape index (κ3) is 3.70. The molecule has 7 nitrogen and oxygen atoms in total. The molecule has 2 aliphatic heterocycles. The van der Waals surface area contributed by atoms with Gasteiger partial charge in [-0.05, 0) is 5.92 Å². The zero-order valence-corrected chi connectivity index (χ0v) is 14.3. The lowest BCUT2D eigenvalue weighted by atomic mass is 10.0. The first-order valence-corrected chi connectivity index (χ1v) is 8.76. The number of rotatable bonds is 3. The number of carbonyl (C=O) groups excluding carboxylic acids is 2. The fourth-order valence-electron chi connectivity index (χ4n) is 3.24. The summed E-state index contributed by atoms with van der Waals surface area (Å²) in [6.45, 7) is 8.49. The van der Waals surface area contributed by atoms with E-state index in [1.165, 1.54) is 18.3 Å². The van der Waals surface area contributed by atoms with Crippen LogP contribution in [0, 0.1) is 5.92 Å². The summed E-state index contributed by atoms with van der Waals surface area (Å²) in [6, 6.07) is 0.385. The molecule has 0 radical (unpaired) electrons. The Bertz CT molecular complexity index is 585. The largest absolute Gasteiger partial charge is 0.379 e. The molecule has 0 spiro atoms. The topological polar surface area (TPSA) is 74.8 Å². The molecule has 2 saturated heterocycles. The molecular weight excluding hydrogens is 316 g/mol. The van der Waals surface area contributed by atoms with Crippen molar-refractivity contribution < 1.29 is 14.3 Å². The molecule has 2 atom stereocenters. The zero-order chi connectivity index (χ0) is 16.4.